The molecule has 1 aromatic rings. The van der Waals surface area contributed by atoms with Crippen molar-refractivity contribution < 1.29 is 0 Å². The highest BCUT2D eigenvalue weighted by Crippen LogP contribution is 2.63. The van der Waals surface area contributed by atoms with E-state index in [9.17, 15) is 0 Å². The highest BCUT2D eigenvalue weighted by Gasteiger charge is 2.56. The van der Waals surface area contributed by atoms with Gasteiger partial charge in [-0.25, -0.2) is 0 Å². The largest absolute Gasteiger partial charge is 0.299 e. The third-order valence-electron chi connectivity index (χ3n) is 6.97. The Morgan fingerprint density at radius 1 is 1.15 bits per heavy atom. The summed E-state index contributed by atoms with van der Waals surface area (Å²) in [5.41, 5.74) is 3.97. The van der Waals surface area contributed by atoms with E-state index in [0.29, 0.717) is 0 Å². The van der Waals surface area contributed by atoms with Crippen LogP contribution in [0.1, 0.15) is 32.3 Å². The van der Waals surface area contributed by atoms with Crippen LogP contribution in [0, 0.1) is 11.8 Å². The van der Waals surface area contributed by atoms with Crippen molar-refractivity contribution in [2.75, 3.05) is 20.0 Å². The van der Waals surface area contributed by atoms with Crippen LogP contribution >= 0.6 is 11.8 Å². The summed E-state index contributed by atoms with van der Waals surface area (Å²) < 4.78 is 2.75. The summed E-state index contributed by atoms with van der Waals surface area (Å²) in [5, 5.41) is 7.84. The molecule has 0 bridgehead atoms. The van der Waals surface area contributed by atoms with Gasteiger partial charge in [-0.05, 0) is 46.8 Å². The summed E-state index contributed by atoms with van der Waals surface area (Å²) in [6.07, 6.45) is 2.70. The Labute approximate surface area is 164 Å². The number of fused-ring (bicyclic) bond motifs is 1. The molecule has 3 aliphatic rings. The van der Waals surface area contributed by atoms with E-state index >= 15 is 0 Å². The number of rotatable bonds is 4. The fourth-order valence-electron chi connectivity index (χ4n) is 5.67. The molecule has 1 saturated carbocycles. The molecule has 0 amide bonds. The fourth-order valence-corrected chi connectivity index (χ4v) is 12.5. The molecule has 2 fully saturated rings. The zero-order chi connectivity index (χ0) is 18.3. The molecule has 0 aromatic heterocycles. The molecule has 2 heterocycles. The second-order valence-electron chi connectivity index (χ2n) is 8.64. The van der Waals surface area contributed by atoms with Gasteiger partial charge in [0.15, 0.2) is 0 Å². The van der Waals surface area contributed by atoms with E-state index in [1.165, 1.54) is 18.4 Å². The predicted molar refractivity (Wildman–Crippen MR) is 116 cm³/mol. The maximum absolute atomic E-state index is 3.53. The van der Waals surface area contributed by atoms with Gasteiger partial charge < -0.3 is 0 Å². The van der Waals surface area contributed by atoms with Crippen LogP contribution in [0.4, 0.5) is 0 Å². The van der Waals surface area contributed by atoms with Crippen molar-refractivity contribution in [2.24, 2.45) is 11.8 Å². The second kappa shape index (κ2) is 7.44. The first-order valence-corrected chi connectivity index (χ1v) is 14.0. The number of nitrogens with one attached hydrogen (secondary N) is 2. The van der Waals surface area contributed by atoms with Gasteiger partial charge in [0.1, 0.15) is 8.24 Å². The summed E-state index contributed by atoms with van der Waals surface area (Å²) in [6, 6.07) is 11.2. The molecular weight excluding hydrogens is 354 g/mol. The Kier molecular flexibility index (Phi) is 5.36. The lowest BCUT2D eigenvalue weighted by atomic mass is 9.90. The minimum Gasteiger partial charge on any atom is -0.299 e. The number of thioether (sulfide) groups is 1. The van der Waals surface area contributed by atoms with Gasteiger partial charge in [0.05, 0.1) is 0 Å². The van der Waals surface area contributed by atoms with E-state index in [1.807, 2.05) is 0 Å². The lowest BCUT2D eigenvalue weighted by Gasteiger charge is -2.47. The van der Waals surface area contributed by atoms with Gasteiger partial charge in [-0.1, -0.05) is 56.8 Å². The van der Waals surface area contributed by atoms with Gasteiger partial charge in [0, 0.05) is 25.3 Å². The van der Waals surface area contributed by atoms with Gasteiger partial charge >= 0.3 is 0 Å². The topological polar surface area (TPSA) is 27.3 Å². The van der Waals surface area contributed by atoms with Crippen LogP contribution in [0.25, 0.3) is 5.57 Å². The first-order chi connectivity index (χ1) is 12.5. The molecule has 142 valence electrons. The SMILES string of the molecule is CCC1CC2C(c3ccccc3)=C(C)SC2C1[Si](C)(C)N1CNCNC1. The molecule has 5 heteroatoms. The van der Waals surface area contributed by atoms with Crippen LogP contribution in [0.3, 0.4) is 0 Å². The van der Waals surface area contributed by atoms with Crippen molar-refractivity contribution in [1.29, 1.82) is 0 Å². The average molecular weight is 388 g/mol. The first kappa shape index (κ1) is 18.8. The third kappa shape index (κ3) is 3.12. The molecule has 3 nitrogen and oxygen atoms in total. The van der Waals surface area contributed by atoms with Gasteiger partial charge in [-0.2, -0.15) is 0 Å². The first-order valence-electron chi connectivity index (χ1n) is 10.1. The quantitative estimate of drug-likeness (QED) is 0.743. The van der Waals surface area contributed by atoms with E-state index in [4.69, 9.17) is 0 Å². The summed E-state index contributed by atoms with van der Waals surface area (Å²) >= 11 is 2.20. The van der Waals surface area contributed by atoms with Crippen LogP contribution in [0.5, 0.6) is 0 Å². The van der Waals surface area contributed by atoms with Gasteiger partial charge in [-0.15, -0.1) is 11.8 Å². The lowest BCUT2D eigenvalue weighted by Crippen LogP contribution is -2.63. The molecule has 26 heavy (non-hydrogen) atoms. The Morgan fingerprint density at radius 3 is 2.50 bits per heavy atom. The number of benzene rings is 1. The molecule has 2 N–H and O–H groups in total. The van der Waals surface area contributed by atoms with Gasteiger partial charge in [-0.3, -0.25) is 15.2 Å². The summed E-state index contributed by atoms with van der Waals surface area (Å²) in [5.74, 6) is 1.61. The van der Waals surface area contributed by atoms with Crippen molar-refractivity contribution in [3.63, 3.8) is 0 Å². The molecule has 4 rings (SSSR count). The van der Waals surface area contributed by atoms with Crippen LogP contribution in [0.2, 0.25) is 18.6 Å². The van der Waals surface area contributed by atoms with E-state index in [-0.39, 0.29) is 0 Å². The van der Waals surface area contributed by atoms with Crippen molar-refractivity contribution in [1.82, 2.24) is 15.2 Å². The summed E-state index contributed by atoms with van der Waals surface area (Å²) in [7, 11) is -1.54. The van der Waals surface area contributed by atoms with E-state index < -0.39 is 8.24 Å². The number of nitrogens with zero attached hydrogens (tertiary/aromatic N) is 1. The lowest BCUT2D eigenvalue weighted by molar-refractivity contribution is 0.282. The fraction of sp³-hybridized carbons (Fsp3) is 0.619. The van der Waals surface area contributed by atoms with Crippen LogP contribution < -0.4 is 10.6 Å². The molecule has 2 aliphatic heterocycles. The maximum Gasteiger partial charge on any atom is 0.129 e. The van der Waals surface area contributed by atoms with Crippen LogP contribution in [-0.4, -0.2) is 38.1 Å². The summed E-state index contributed by atoms with van der Waals surface area (Å²) in [6.45, 7) is 13.1. The molecule has 4 atom stereocenters. The monoisotopic (exact) mass is 387 g/mol. The molecule has 1 aromatic carbocycles. The minimum atomic E-state index is -1.54. The zero-order valence-corrected chi connectivity index (χ0v) is 18.4. The van der Waals surface area contributed by atoms with E-state index in [0.717, 1.165) is 42.6 Å². The smallest absolute Gasteiger partial charge is 0.129 e. The molecular formula is C21H33N3SSi. The Bertz CT molecular complexity index is 669. The molecule has 0 radical (unpaired) electrons. The number of hydrogen-bond donors (Lipinski definition) is 2. The molecule has 0 spiro atoms. The van der Waals surface area contributed by atoms with Crippen LogP contribution in [0.15, 0.2) is 35.2 Å². The molecule has 1 aliphatic carbocycles. The standard InChI is InChI=1S/C21H33N3SSi/c1-5-16-11-18-19(17-9-7-6-8-10-17)15(2)25-20(18)21(16)26(3,4)24-13-22-12-23-14-24/h6-10,16,18,20-23H,5,11-14H2,1-4H3. The Morgan fingerprint density at radius 2 is 1.85 bits per heavy atom. The summed E-state index contributed by atoms with van der Waals surface area (Å²) in [4.78, 5) is 1.57. The van der Waals surface area contributed by atoms with E-state index in [1.54, 1.807) is 10.5 Å². The average Bonchev–Trinajstić information content (AvgIpc) is 3.17. The second-order valence-corrected chi connectivity index (χ2v) is 14.6. The third-order valence-corrected chi connectivity index (χ3v) is 13.1. The van der Waals surface area contributed by atoms with Crippen molar-refractivity contribution in [3.05, 3.63) is 40.8 Å². The highest BCUT2D eigenvalue weighted by atomic mass is 32.2. The predicted octanol–water partition coefficient (Wildman–Crippen LogP) is 4.52. The number of hydrogen-bond acceptors (Lipinski definition) is 4. The molecule has 1 saturated heterocycles. The van der Waals surface area contributed by atoms with Crippen molar-refractivity contribution in [3.8, 4) is 0 Å². The van der Waals surface area contributed by atoms with E-state index in [2.05, 4.69) is 84.2 Å². The normalized spacial score (nSPS) is 32.9. The zero-order valence-electron chi connectivity index (χ0n) is 16.6. The highest BCUT2D eigenvalue weighted by molar-refractivity contribution is 8.04. The van der Waals surface area contributed by atoms with Gasteiger partial charge in [0.2, 0.25) is 0 Å². The molecule has 4 unspecified atom stereocenters. The van der Waals surface area contributed by atoms with Crippen LogP contribution in [-0.2, 0) is 0 Å². The van der Waals surface area contributed by atoms with Gasteiger partial charge in [0.25, 0.3) is 0 Å². The number of allylic oxidation sites excluding steroid dienone is 2. The van der Waals surface area contributed by atoms with Crippen molar-refractivity contribution in [2.45, 2.75) is 50.6 Å². The van der Waals surface area contributed by atoms with Crippen molar-refractivity contribution >= 4 is 25.6 Å². The minimum absolute atomic E-state index is 0.745. The Hall–Kier alpha value is -0.593. The maximum atomic E-state index is 3.53. The Balaban J connectivity index is 1.64.